The summed E-state index contributed by atoms with van der Waals surface area (Å²) >= 11 is 0.917. The molecule has 3 rings (SSSR count). The molecule has 162 valence electrons. The first-order valence-electron chi connectivity index (χ1n) is 9.62. The van der Waals surface area contributed by atoms with Crippen LogP contribution in [0.5, 0.6) is 5.75 Å². The van der Waals surface area contributed by atoms with E-state index in [9.17, 15) is 19.8 Å². The summed E-state index contributed by atoms with van der Waals surface area (Å²) in [6.45, 7) is 3.03. The minimum Gasteiger partial charge on any atom is -0.496 e. The van der Waals surface area contributed by atoms with Crippen molar-refractivity contribution in [3.8, 4) is 5.75 Å². The number of rotatable bonds is 9. The van der Waals surface area contributed by atoms with Gasteiger partial charge in [0.25, 0.3) is 0 Å². The number of carboxylic acids is 2. The average molecular weight is 435 g/mol. The van der Waals surface area contributed by atoms with E-state index < -0.39 is 18.0 Å². The molecule has 0 bridgehead atoms. The van der Waals surface area contributed by atoms with Gasteiger partial charge in [-0.2, -0.15) is 0 Å². The second-order valence-electron chi connectivity index (χ2n) is 6.93. The lowest BCUT2D eigenvalue weighted by Crippen LogP contribution is -2.28. The molecule has 1 aliphatic rings. The zero-order chi connectivity index (χ0) is 21.7. The largest absolute Gasteiger partial charge is 0.496 e. The van der Waals surface area contributed by atoms with Crippen molar-refractivity contribution in [1.29, 1.82) is 0 Å². The molecule has 1 aliphatic heterocycles. The Bertz CT molecular complexity index is 905. The second-order valence-corrected chi connectivity index (χ2v) is 7.95. The van der Waals surface area contributed by atoms with Gasteiger partial charge in [-0.25, -0.2) is 9.59 Å². The lowest BCUT2D eigenvalue weighted by molar-refractivity contribution is -0.0658. The molecule has 0 unspecified atom stereocenters. The highest BCUT2D eigenvalue weighted by molar-refractivity contribution is 7.18. The Morgan fingerprint density at radius 2 is 1.93 bits per heavy atom. The summed E-state index contributed by atoms with van der Waals surface area (Å²) in [5, 5.41) is 22.3. The van der Waals surface area contributed by atoms with Crippen molar-refractivity contribution in [3.63, 3.8) is 0 Å². The van der Waals surface area contributed by atoms with Crippen LogP contribution in [0.25, 0.3) is 0 Å². The normalized spacial score (nSPS) is 15.5. The van der Waals surface area contributed by atoms with Crippen LogP contribution in [0.15, 0.2) is 24.3 Å². The number of anilines is 1. The number of nitrogens with one attached hydrogen (secondary N) is 1. The standard InChI is InChI=1S/C21H25NO7S/c1-12-17(20(23)24)19(30-18(12)21(25)26)22-11-16(29-13-7-9-28-10-8-13)14-5-3-4-6-15(14)27-2/h3-6,13,16,22H,7-11H2,1-2H3,(H,23,24)(H,25,26)/t16-/m0/s1. The summed E-state index contributed by atoms with van der Waals surface area (Å²) in [7, 11) is 1.59. The lowest BCUT2D eigenvalue weighted by Gasteiger charge is -2.29. The highest BCUT2D eigenvalue weighted by Gasteiger charge is 2.27. The van der Waals surface area contributed by atoms with E-state index in [0.717, 1.165) is 29.7 Å². The summed E-state index contributed by atoms with van der Waals surface area (Å²) in [4.78, 5) is 23.2. The van der Waals surface area contributed by atoms with Crippen LogP contribution in [0.1, 0.15) is 50.1 Å². The number of methoxy groups -OCH3 is 1. The van der Waals surface area contributed by atoms with Crippen molar-refractivity contribution in [2.24, 2.45) is 0 Å². The summed E-state index contributed by atoms with van der Waals surface area (Å²) in [6, 6.07) is 7.51. The van der Waals surface area contributed by atoms with Crippen LogP contribution < -0.4 is 10.1 Å². The Balaban J connectivity index is 1.87. The van der Waals surface area contributed by atoms with Crippen molar-refractivity contribution in [3.05, 3.63) is 45.8 Å². The quantitative estimate of drug-likeness (QED) is 0.545. The van der Waals surface area contributed by atoms with Gasteiger partial charge in [0.1, 0.15) is 21.7 Å². The van der Waals surface area contributed by atoms with Crippen molar-refractivity contribution < 1.29 is 34.0 Å². The van der Waals surface area contributed by atoms with Gasteiger partial charge in [-0.15, -0.1) is 11.3 Å². The van der Waals surface area contributed by atoms with Crippen LogP contribution >= 0.6 is 11.3 Å². The van der Waals surface area contributed by atoms with E-state index >= 15 is 0 Å². The van der Waals surface area contributed by atoms with E-state index in [4.69, 9.17) is 14.2 Å². The van der Waals surface area contributed by atoms with Crippen LogP contribution in [-0.2, 0) is 9.47 Å². The van der Waals surface area contributed by atoms with Crippen molar-refractivity contribution in [2.75, 3.05) is 32.2 Å². The minimum absolute atomic E-state index is 0.00839. The summed E-state index contributed by atoms with van der Waals surface area (Å²) in [6.07, 6.45) is 1.14. The van der Waals surface area contributed by atoms with Gasteiger partial charge in [-0.3, -0.25) is 0 Å². The summed E-state index contributed by atoms with van der Waals surface area (Å²) < 4.78 is 17.2. The van der Waals surface area contributed by atoms with Crippen molar-refractivity contribution >= 4 is 28.3 Å². The number of thiophene rings is 1. The highest BCUT2D eigenvalue weighted by atomic mass is 32.1. The van der Waals surface area contributed by atoms with Crippen LogP contribution in [0.3, 0.4) is 0 Å². The van der Waals surface area contributed by atoms with Crippen LogP contribution in [0.2, 0.25) is 0 Å². The van der Waals surface area contributed by atoms with E-state index in [1.807, 2.05) is 24.3 Å². The van der Waals surface area contributed by atoms with E-state index in [2.05, 4.69) is 5.32 Å². The number of hydrogen-bond donors (Lipinski definition) is 3. The van der Waals surface area contributed by atoms with Gasteiger partial charge in [-0.1, -0.05) is 18.2 Å². The van der Waals surface area contributed by atoms with E-state index in [1.165, 1.54) is 6.92 Å². The molecule has 0 saturated carbocycles. The first kappa shape index (κ1) is 22.1. The Morgan fingerprint density at radius 1 is 1.23 bits per heavy atom. The fourth-order valence-electron chi connectivity index (χ4n) is 3.49. The van der Waals surface area contributed by atoms with Crippen molar-refractivity contribution in [2.45, 2.75) is 32.0 Å². The maximum atomic E-state index is 11.7. The maximum Gasteiger partial charge on any atom is 0.346 e. The summed E-state index contributed by atoms with van der Waals surface area (Å²) in [5.41, 5.74) is 1.05. The molecular formula is C21H25NO7S. The zero-order valence-electron chi connectivity index (χ0n) is 16.8. The number of benzene rings is 1. The Kier molecular flexibility index (Phi) is 7.30. The van der Waals surface area contributed by atoms with Gasteiger partial charge in [0.2, 0.25) is 0 Å². The van der Waals surface area contributed by atoms with Gasteiger partial charge >= 0.3 is 11.9 Å². The molecule has 1 saturated heterocycles. The SMILES string of the molecule is COc1ccccc1[C@H](CNc1sc(C(=O)O)c(C)c1C(=O)O)OC1CCOCC1. The van der Waals surface area contributed by atoms with Crippen molar-refractivity contribution in [1.82, 2.24) is 0 Å². The molecule has 2 heterocycles. The molecular weight excluding hydrogens is 410 g/mol. The molecule has 0 radical (unpaired) electrons. The molecule has 2 aromatic rings. The fraction of sp³-hybridized carbons (Fsp3) is 0.429. The Hall–Kier alpha value is -2.62. The van der Waals surface area contributed by atoms with Gasteiger partial charge < -0.3 is 29.7 Å². The first-order valence-corrected chi connectivity index (χ1v) is 10.4. The molecule has 0 spiro atoms. The molecule has 9 heteroatoms. The van der Waals surface area contributed by atoms with Gasteiger partial charge in [0.15, 0.2) is 0 Å². The third kappa shape index (κ3) is 4.92. The smallest absolute Gasteiger partial charge is 0.346 e. The summed E-state index contributed by atoms with van der Waals surface area (Å²) in [5.74, 6) is -1.64. The Morgan fingerprint density at radius 3 is 2.57 bits per heavy atom. The molecule has 1 aromatic heterocycles. The maximum absolute atomic E-state index is 11.7. The van der Waals surface area contributed by atoms with Crippen LogP contribution in [0.4, 0.5) is 5.00 Å². The zero-order valence-corrected chi connectivity index (χ0v) is 17.7. The predicted molar refractivity (Wildman–Crippen MR) is 112 cm³/mol. The predicted octanol–water partition coefficient (Wildman–Crippen LogP) is 3.81. The highest BCUT2D eigenvalue weighted by Crippen LogP contribution is 2.35. The third-order valence-electron chi connectivity index (χ3n) is 5.01. The monoisotopic (exact) mass is 435 g/mol. The van der Waals surface area contributed by atoms with Crippen LogP contribution in [0, 0.1) is 6.92 Å². The molecule has 1 aromatic carbocycles. The number of carbonyl (C=O) groups is 2. The molecule has 0 amide bonds. The molecule has 30 heavy (non-hydrogen) atoms. The molecule has 0 aliphatic carbocycles. The minimum atomic E-state index is -1.17. The Labute approximate surface area is 178 Å². The van der Waals surface area contributed by atoms with Crippen LogP contribution in [-0.4, -0.2) is 55.1 Å². The van der Waals surface area contributed by atoms with E-state index in [0.29, 0.717) is 24.0 Å². The average Bonchev–Trinajstić information content (AvgIpc) is 3.08. The number of carboxylic acid groups (broad SMARTS) is 2. The lowest BCUT2D eigenvalue weighted by atomic mass is 10.1. The third-order valence-corrected chi connectivity index (χ3v) is 6.25. The number of hydrogen-bond acceptors (Lipinski definition) is 7. The molecule has 8 nitrogen and oxygen atoms in total. The number of para-hydroxylation sites is 1. The molecule has 1 atom stereocenters. The van der Waals surface area contributed by atoms with Gasteiger partial charge in [0.05, 0.1) is 18.8 Å². The topological polar surface area (TPSA) is 114 Å². The molecule has 1 fully saturated rings. The number of ether oxygens (including phenoxy) is 3. The van der Waals surface area contributed by atoms with E-state index in [-0.39, 0.29) is 28.7 Å². The van der Waals surface area contributed by atoms with E-state index in [1.54, 1.807) is 7.11 Å². The number of aromatic carboxylic acids is 2. The molecule has 3 N–H and O–H groups in total. The van der Waals surface area contributed by atoms with Gasteiger partial charge in [0, 0.05) is 25.3 Å². The van der Waals surface area contributed by atoms with Gasteiger partial charge in [-0.05, 0) is 31.4 Å². The second kappa shape index (κ2) is 9.92. The first-order chi connectivity index (χ1) is 14.4. The fourth-order valence-corrected chi connectivity index (χ4v) is 4.54.